The molecule has 0 bridgehead atoms. The Kier molecular flexibility index (Phi) is 8.19. The van der Waals surface area contributed by atoms with Crippen molar-refractivity contribution in [1.29, 1.82) is 0 Å². The van der Waals surface area contributed by atoms with Crippen LogP contribution in [0.25, 0.3) is 110 Å². The second kappa shape index (κ2) is 14.1. The van der Waals surface area contributed by atoms with E-state index in [1.54, 1.807) is 0 Å². The highest BCUT2D eigenvalue weighted by molar-refractivity contribution is 6.29. The highest BCUT2D eigenvalue weighted by Gasteiger charge is 2.21. The zero-order chi connectivity index (χ0) is 38.4. The maximum atomic E-state index is 5.29. The third-order valence-electron chi connectivity index (χ3n) is 11.5. The average molecular weight is 737 g/mol. The van der Waals surface area contributed by atoms with E-state index in [0.29, 0.717) is 5.82 Å². The maximum absolute atomic E-state index is 5.29. The molecule has 11 aromatic rings. The first kappa shape index (κ1) is 33.6. The SMILES string of the molecule is c1ccc(-c2ccc(-c3cc(-c4ccc(-c5c6ccccc6c(-c6ccccc6)c6c5ccc5ccccc56)c5ccccc45)nc(-c4ccccc4)n3)cc2)cc1. The van der Waals surface area contributed by atoms with Crippen LogP contribution in [0.1, 0.15) is 0 Å². The summed E-state index contributed by atoms with van der Waals surface area (Å²) in [6.45, 7) is 0. The Hall–Kier alpha value is -7.68. The lowest BCUT2D eigenvalue weighted by atomic mass is 9.82. The number of benzene rings is 10. The second-order valence-corrected chi connectivity index (χ2v) is 14.8. The molecule has 0 saturated heterocycles. The van der Waals surface area contributed by atoms with E-state index in [4.69, 9.17) is 9.97 Å². The van der Waals surface area contributed by atoms with Gasteiger partial charge < -0.3 is 0 Å². The maximum Gasteiger partial charge on any atom is 0.160 e. The molecule has 270 valence electrons. The summed E-state index contributed by atoms with van der Waals surface area (Å²) in [5.41, 5.74) is 12.2. The van der Waals surface area contributed by atoms with Crippen LogP contribution in [0, 0.1) is 0 Å². The van der Waals surface area contributed by atoms with Crippen molar-refractivity contribution in [3.8, 4) is 67.3 Å². The number of aromatic nitrogens is 2. The fourth-order valence-electron chi connectivity index (χ4n) is 8.80. The largest absolute Gasteiger partial charge is 0.228 e. The predicted octanol–water partition coefficient (Wildman–Crippen LogP) is 15.1. The van der Waals surface area contributed by atoms with Crippen molar-refractivity contribution >= 4 is 43.1 Å². The van der Waals surface area contributed by atoms with Crippen molar-refractivity contribution < 1.29 is 0 Å². The van der Waals surface area contributed by atoms with E-state index >= 15 is 0 Å². The van der Waals surface area contributed by atoms with Gasteiger partial charge in [-0.05, 0) is 82.5 Å². The Morgan fingerprint density at radius 2 is 0.741 bits per heavy atom. The van der Waals surface area contributed by atoms with Gasteiger partial charge >= 0.3 is 0 Å². The molecule has 2 nitrogen and oxygen atoms in total. The Balaban J connectivity index is 1.15. The molecule has 0 amide bonds. The molecule has 1 heterocycles. The quantitative estimate of drug-likeness (QED) is 0.125. The van der Waals surface area contributed by atoms with E-state index in [2.05, 4.69) is 200 Å². The fraction of sp³-hybridized carbons (Fsp3) is 0. The smallest absolute Gasteiger partial charge is 0.160 e. The van der Waals surface area contributed by atoms with E-state index in [-0.39, 0.29) is 0 Å². The van der Waals surface area contributed by atoms with Crippen LogP contribution in [0.4, 0.5) is 0 Å². The molecule has 0 N–H and O–H groups in total. The Morgan fingerprint density at radius 3 is 1.43 bits per heavy atom. The monoisotopic (exact) mass is 736 g/mol. The van der Waals surface area contributed by atoms with Gasteiger partial charge in [-0.3, -0.25) is 0 Å². The third kappa shape index (κ3) is 5.74. The van der Waals surface area contributed by atoms with E-state index in [9.17, 15) is 0 Å². The van der Waals surface area contributed by atoms with Crippen LogP contribution in [0.2, 0.25) is 0 Å². The summed E-state index contributed by atoms with van der Waals surface area (Å²) in [5.74, 6) is 0.703. The topological polar surface area (TPSA) is 25.8 Å². The van der Waals surface area contributed by atoms with Crippen molar-refractivity contribution in [3.63, 3.8) is 0 Å². The molecule has 1 aromatic heterocycles. The van der Waals surface area contributed by atoms with Crippen LogP contribution in [0.3, 0.4) is 0 Å². The molecule has 11 rings (SSSR count). The van der Waals surface area contributed by atoms with Crippen molar-refractivity contribution in [1.82, 2.24) is 9.97 Å². The molecule has 10 aromatic carbocycles. The summed E-state index contributed by atoms with van der Waals surface area (Å²) in [5, 5.41) is 9.81. The molecule has 0 aliphatic rings. The standard InChI is InChI=1S/C56H36N2/c1-4-16-37(17-5-1)38-28-30-40(31-29-38)51-36-52(58-56(57-51)42-21-8-3-9-22-42)46-34-35-49(45-25-13-12-24-44(45)46)54-48-27-15-14-26-47(48)53(41-19-6-2-7-20-41)55-43-23-11-10-18-39(43)32-33-50(54)55/h1-36H. The minimum atomic E-state index is 0.703. The van der Waals surface area contributed by atoms with Gasteiger partial charge in [0.2, 0.25) is 0 Å². The Bertz CT molecular complexity index is 3300. The van der Waals surface area contributed by atoms with Crippen molar-refractivity contribution in [2.75, 3.05) is 0 Å². The minimum Gasteiger partial charge on any atom is -0.228 e. The fourth-order valence-corrected chi connectivity index (χ4v) is 8.80. The number of nitrogens with zero attached hydrogens (tertiary/aromatic N) is 2. The first-order valence-electron chi connectivity index (χ1n) is 19.8. The summed E-state index contributed by atoms with van der Waals surface area (Å²) in [6, 6.07) is 78.2. The van der Waals surface area contributed by atoms with Gasteiger partial charge in [-0.25, -0.2) is 9.97 Å². The summed E-state index contributed by atoms with van der Waals surface area (Å²) < 4.78 is 0. The lowest BCUT2D eigenvalue weighted by molar-refractivity contribution is 1.18. The van der Waals surface area contributed by atoms with E-state index in [1.807, 2.05) is 18.2 Å². The molecule has 58 heavy (non-hydrogen) atoms. The van der Waals surface area contributed by atoms with E-state index < -0.39 is 0 Å². The molecular weight excluding hydrogens is 701 g/mol. The summed E-state index contributed by atoms with van der Waals surface area (Å²) in [7, 11) is 0. The minimum absolute atomic E-state index is 0.703. The van der Waals surface area contributed by atoms with E-state index in [1.165, 1.54) is 71.1 Å². The molecule has 0 atom stereocenters. The molecule has 0 saturated carbocycles. The molecule has 0 aliphatic heterocycles. The zero-order valence-corrected chi connectivity index (χ0v) is 31.7. The summed E-state index contributed by atoms with van der Waals surface area (Å²) in [6.07, 6.45) is 0. The molecular formula is C56H36N2. The van der Waals surface area contributed by atoms with Gasteiger partial charge in [-0.15, -0.1) is 0 Å². The van der Waals surface area contributed by atoms with Crippen LogP contribution >= 0.6 is 0 Å². The van der Waals surface area contributed by atoms with Gasteiger partial charge in [0, 0.05) is 16.7 Å². The van der Waals surface area contributed by atoms with Gasteiger partial charge in [-0.1, -0.05) is 212 Å². The van der Waals surface area contributed by atoms with Crippen LogP contribution in [0.15, 0.2) is 218 Å². The normalized spacial score (nSPS) is 11.4. The lowest BCUT2D eigenvalue weighted by Crippen LogP contribution is -1.97. The summed E-state index contributed by atoms with van der Waals surface area (Å²) in [4.78, 5) is 10.4. The van der Waals surface area contributed by atoms with Crippen LogP contribution in [-0.2, 0) is 0 Å². The van der Waals surface area contributed by atoms with Crippen molar-refractivity contribution in [2.45, 2.75) is 0 Å². The second-order valence-electron chi connectivity index (χ2n) is 14.8. The number of hydrogen-bond donors (Lipinski definition) is 0. The highest BCUT2D eigenvalue weighted by Crippen LogP contribution is 2.48. The van der Waals surface area contributed by atoms with Gasteiger partial charge in [0.15, 0.2) is 5.82 Å². The van der Waals surface area contributed by atoms with Gasteiger partial charge in [0.1, 0.15) is 0 Å². The summed E-state index contributed by atoms with van der Waals surface area (Å²) >= 11 is 0. The molecule has 2 heteroatoms. The number of fused-ring (bicyclic) bond motifs is 5. The molecule has 0 radical (unpaired) electrons. The number of rotatable bonds is 6. The van der Waals surface area contributed by atoms with Crippen LogP contribution < -0.4 is 0 Å². The highest BCUT2D eigenvalue weighted by atomic mass is 14.9. The van der Waals surface area contributed by atoms with Crippen LogP contribution in [0.5, 0.6) is 0 Å². The molecule has 0 aliphatic carbocycles. The van der Waals surface area contributed by atoms with Crippen molar-refractivity contribution in [2.24, 2.45) is 0 Å². The first-order chi connectivity index (χ1) is 28.8. The predicted molar refractivity (Wildman–Crippen MR) is 245 cm³/mol. The Morgan fingerprint density at radius 1 is 0.259 bits per heavy atom. The van der Waals surface area contributed by atoms with Crippen molar-refractivity contribution in [3.05, 3.63) is 218 Å². The van der Waals surface area contributed by atoms with Gasteiger partial charge in [0.05, 0.1) is 11.4 Å². The zero-order valence-electron chi connectivity index (χ0n) is 31.7. The average Bonchev–Trinajstić information content (AvgIpc) is 3.31. The first-order valence-corrected chi connectivity index (χ1v) is 19.8. The van der Waals surface area contributed by atoms with Gasteiger partial charge in [0.25, 0.3) is 0 Å². The molecule has 0 spiro atoms. The number of hydrogen-bond acceptors (Lipinski definition) is 2. The van der Waals surface area contributed by atoms with Gasteiger partial charge in [-0.2, -0.15) is 0 Å². The molecule has 0 fully saturated rings. The Labute approximate surface area is 337 Å². The third-order valence-corrected chi connectivity index (χ3v) is 11.5. The van der Waals surface area contributed by atoms with E-state index in [0.717, 1.165) is 33.5 Å². The lowest BCUT2D eigenvalue weighted by Gasteiger charge is -2.21. The molecule has 0 unspecified atom stereocenters. The van der Waals surface area contributed by atoms with Crippen LogP contribution in [-0.4, -0.2) is 9.97 Å².